The van der Waals surface area contributed by atoms with E-state index in [0.717, 1.165) is 23.5 Å². The van der Waals surface area contributed by atoms with Crippen molar-refractivity contribution in [1.29, 1.82) is 5.26 Å². The maximum absolute atomic E-state index is 8.90. The molecule has 1 aromatic carbocycles. The van der Waals surface area contributed by atoms with Gasteiger partial charge in [-0.3, -0.25) is 0 Å². The van der Waals surface area contributed by atoms with Gasteiger partial charge in [0, 0.05) is 0 Å². The van der Waals surface area contributed by atoms with Gasteiger partial charge in [0.1, 0.15) is 11.8 Å². The van der Waals surface area contributed by atoms with Crippen molar-refractivity contribution in [3.05, 3.63) is 23.8 Å². The van der Waals surface area contributed by atoms with E-state index in [4.69, 9.17) is 10.00 Å². The summed E-state index contributed by atoms with van der Waals surface area (Å²) in [5, 5.41) is 8.90. The molecule has 1 saturated carbocycles. The van der Waals surface area contributed by atoms with Gasteiger partial charge >= 0.3 is 0 Å². The largest absolute Gasteiger partial charge is 0.489 e. The topological polar surface area (TPSA) is 33.0 Å². The minimum atomic E-state index is 0.384. The van der Waals surface area contributed by atoms with Gasteiger partial charge in [0.2, 0.25) is 0 Å². The fraction of sp³-hybridized carbons (Fsp3) is 0.364. The van der Waals surface area contributed by atoms with E-state index in [1.54, 1.807) is 11.8 Å². The summed E-state index contributed by atoms with van der Waals surface area (Å²) in [5.74, 6) is 0.860. The first kappa shape index (κ1) is 9.42. The van der Waals surface area contributed by atoms with Gasteiger partial charge in [-0.15, -0.1) is 11.8 Å². The van der Waals surface area contributed by atoms with Crippen LogP contribution >= 0.6 is 11.8 Å². The predicted octanol–water partition coefficient (Wildman–Crippen LogP) is 2.82. The zero-order valence-electron chi connectivity index (χ0n) is 7.99. The molecule has 2 nitrogen and oxygen atoms in total. The van der Waals surface area contributed by atoms with Gasteiger partial charge < -0.3 is 4.74 Å². The van der Waals surface area contributed by atoms with Crippen LogP contribution in [0.25, 0.3) is 0 Å². The lowest BCUT2D eigenvalue weighted by Gasteiger charge is -2.09. The fourth-order valence-electron chi connectivity index (χ4n) is 1.27. The second-order valence-corrected chi connectivity index (χ2v) is 4.08. The first-order chi connectivity index (χ1) is 6.85. The minimum absolute atomic E-state index is 0.384. The van der Waals surface area contributed by atoms with Crippen LogP contribution in [0.5, 0.6) is 5.75 Å². The number of thioether (sulfide) groups is 1. The summed E-state index contributed by atoms with van der Waals surface area (Å²) in [6, 6.07) is 7.81. The second-order valence-electron chi connectivity index (χ2n) is 3.27. The molecule has 0 bridgehead atoms. The fourth-order valence-corrected chi connectivity index (χ4v) is 1.92. The van der Waals surface area contributed by atoms with Crippen LogP contribution < -0.4 is 4.74 Å². The lowest BCUT2D eigenvalue weighted by Crippen LogP contribution is -1.98. The number of nitriles is 1. The third kappa shape index (κ3) is 1.85. The zero-order chi connectivity index (χ0) is 9.97. The minimum Gasteiger partial charge on any atom is -0.489 e. The Morgan fingerprint density at radius 2 is 2.29 bits per heavy atom. The average molecular weight is 205 g/mol. The van der Waals surface area contributed by atoms with Crippen LogP contribution in [0.1, 0.15) is 18.4 Å². The molecule has 1 aromatic rings. The number of rotatable bonds is 3. The molecule has 14 heavy (non-hydrogen) atoms. The zero-order valence-corrected chi connectivity index (χ0v) is 8.80. The Bertz CT molecular complexity index is 379. The van der Waals surface area contributed by atoms with Crippen molar-refractivity contribution >= 4 is 11.8 Å². The van der Waals surface area contributed by atoms with Crippen LogP contribution in [0, 0.1) is 11.3 Å². The molecular formula is C11H11NOS. The van der Waals surface area contributed by atoms with Crippen molar-refractivity contribution in [3.63, 3.8) is 0 Å². The lowest BCUT2D eigenvalue weighted by atomic mass is 10.2. The van der Waals surface area contributed by atoms with E-state index in [2.05, 4.69) is 6.07 Å². The summed E-state index contributed by atoms with van der Waals surface area (Å²) in [6.07, 6.45) is 4.64. The van der Waals surface area contributed by atoms with Crippen molar-refractivity contribution in [3.8, 4) is 11.8 Å². The van der Waals surface area contributed by atoms with E-state index < -0.39 is 0 Å². The average Bonchev–Trinajstić information content (AvgIpc) is 3.01. The SMILES string of the molecule is CSc1c(C#N)cccc1OC1CC1. The Balaban J connectivity index is 2.32. The molecule has 1 aliphatic carbocycles. The van der Waals surface area contributed by atoms with Crippen molar-refractivity contribution in [2.75, 3.05) is 6.26 Å². The standard InChI is InChI=1S/C11H11NOS/c1-14-11-8(7-12)3-2-4-10(11)13-9-5-6-9/h2-4,9H,5-6H2,1H3. The van der Waals surface area contributed by atoms with Gasteiger partial charge in [-0.05, 0) is 31.2 Å². The molecule has 0 atom stereocenters. The number of benzene rings is 1. The molecule has 0 aliphatic heterocycles. The van der Waals surface area contributed by atoms with E-state index in [9.17, 15) is 0 Å². The van der Waals surface area contributed by atoms with Crippen LogP contribution in [0.3, 0.4) is 0 Å². The summed E-state index contributed by atoms with van der Waals surface area (Å²) < 4.78 is 5.72. The van der Waals surface area contributed by atoms with Gasteiger partial charge in [-0.2, -0.15) is 5.26 Å². The third-order valence-electron chi connectivity index (χ3n) is 2.12. The second kappa shape index (κ2) is 3.93. The van der Waals surface area contributed by atoms with Crippen molar-refractivity contribution < 1.29 is 4.74 Å². The van der Waals surface area contributed by atoms with Crippen molar-refractivity contribution in [2.24, 2.45) is 0 Å². The Morgan fingerprint density at radius 3 is 2.86 bits per heavy atom. The molecule has 72 valence electrons. The molecular weight excluding hydrogens is 194 g/mol. The quantitative estimate of drug-likeness (QED) is 0.711. The highest BCUT2D eigenvalue weighted by Gasteiger charge is 2.24. The monoisotopic (exact) mass is 205 g/mol. The highest BCUT2D eigenvalue weighted by atomic mass is 32.2. The summed E-state index contributed by atoms with van der Waals surface area (Å²) in [5.41, 5.74) is 0.704. The van der Waals surface area contributed by atoms with E-state index >= 15 is 0 Å². The first-order valence-electron chi connectivity index (χ1n) is 4.59. The molecule has 0 heterocycles. The number of nitrogens with zero attached hydrogens (tertiary/aromatic N) is 1. The molecule has 1 aliphatic rings. The van der Waals surface area contributed by atoms with E-state index in [-0.39, 0.29) is 0 Å². The number of ether oxygens (including phenoxy) is 1. The van der Waals surface area contributed by atoms with Crippen LogP contribution in [0.2, 0.25) is 0 Å². The van der Waals surface area contributed by atoms with E-state index in [0.29, 0.717) is 11.7 Å². The Kier molecular flexibility index (Phi) is 2.64. The normalized spacial score (nSPS) is 14.9. The maximum atomic E-state index is 8.90. The predicted molar refractivity (Wildman–Crippen MR) is 56.6 cm³/mol. The maximum Gasteiger partial charge on any atom is 0.134 e. The molecule has 2 rings (SSSR count). The van der Waals surface area contributed by atoms with Crippen molar-refractivity contribution in [2.45, 2.75) is 23.8 Å². The highest BCUT2D eigenvalue weighted by Crippen LogP contribution is 2.35. The van der Waals surface area contributed by atoms with Crippen LogP contribution in [0.15, 0.2) is 23.1 Å². The molecule has 3 heteroatoms. The molecule has 0 unspecified atom stereocenters. The van der Waals surface area contributed by atoms with Crippen LogP contribution in [-0.2, 0) is 0 Å². The third-order valence-corrected chi connectivity index (χ3v) is 2.95. The summed E-state index contributed by atoms with van der Waals surface area (Å²) in [6.45, 7) is 0. The molecule has 0 radical (unpaired) electrons. The molecule has 0 N–H and O–H groups in total. The lowest BCUT2D eigenvalue weighted by molar-refractivity contribution is 0.296. The summed E-state index contributed by atoms with van der Waals surface area (Å²) >= 11 is 1.57. The Hall–Kier alpha value is -1.14. The smallest absolute Gasteiger partial charge is 0.134 e. The molecule has 0 spiro atoms. The van der Waals surface area contributed by atoms with Gasteiger partial charge in [0.05, 0.1) is 16.6 Å². The summed E-state index contributed by atoms with van der Waals surface area (Å²) in [4.78, 5) is 0.960. The molecule has 0 amide bonds. The number of hydrogen-bond acceptors (Lipinski definition) is 3. The summed E-state index contributed by atoms with van der Waals surface area (Å²) in [7, 11) is 0. The van der Waals surface area contributed by atoms with Gasteiger partial charge in [-0.1, -0.05) is 6.07 Å². The Labute approximate surface area is 87.9 Å². The van der Waals surface area contributed by atoms with Crippen molar-refractivity contribution in [1.82, 2.24) is 0 Å². The van der Waals surface area contributed by atoms with Gasteiger partial charge in [-0.25, -0.2) is 0 Å². The number of hydrogen-bond donors (Lipinski definition) is 0. The van der Waals surface area contributed by atoms with Gasteiger partial charge in [0.15, 0.2) is 0 Å². The van der Waals surface area contributed by atoms with Crippen LogP contribution in [-0.4, -0.2) is 12.4 Å². The van der Waals surface area contributed by atoms with Gasteiger partial charge in [0.25, 0.3) is 0 Å². The Morgan fingerprint density at radius 1 is 1.50 bits per heavy atom. The highest BCUT2D eigenvalue weighted by molar-refractivity contribution is 7.98. The first-order valence-corrected chi connectivity index (χ1v) is 5.81. The molecule has 1 fully saturated rings. The molecule has 0 aromatic heterocycles. The van der Waals surface area contributed by atoms with E-state index in [1.807, 2.05) is 24.5 Å². The molecule has 0 saturated heterocycles. The van der Waals surface area contributed by atoms with Crippen LogP contribution in [0.4, 0.5) is 0 Å². The van der Waals surface area contributed by atoms with E-state index in [1.165, 1.54) is 0 Å².